The van der Waals surface area contributed by atoms with Gasteiger partial charge in [0.25, 0.3) is 5.91 Å². The lowest BCUT2D eigenvalue weighted by atomic mass is 9.81. The van der Waals surface area contributed by atoms with Crippen LogP contribution in [-0.2, 0) is 21.4 Å². The number of hydrogen-bond acceptors (Lipinski definition) is 5. The molecule has 0 aliphatic heterocycles. The van der Waals surface area contributed by atoms with Crippen LogP contribution in [0.2, 0.25) is 0 Å². The van der Waals surface area contributed by atoms with Crippen LogP contribution >= 0.6 is 0 Å². The van der Waals surface area contributed by atoms with Crippen molar-refractivity contribution in [2.75, 3.05) is 14.2 Å². The van der Waals surface area contributed by atoms with Gasteiger partial charge < -0.3 is 19.2 Å². The molecule has 3 aromatic rings. The van der Waals surface area contributed by atoms with E-state index in [2.05, 4.69) is 38.2 Å². The fourth-order valence-electron chi connectivity index (χ4n) is 3.57. The fourth-order valence-corrected chi connectivity index (χ4v) is 3.57. The van der Waals surface area contributed by atoms with Crippen molar-refractivity contribution in [1.29, 1.82) is 0 Å². The van der Waals surface area contributed by atoms with Gasteiger partial charge in [-0.2, -0.15) is 0 Å². The maximum atomic E-state index is 12.8. The first-order valence-corrected chi connectivity index (χ1v) is 11.0. The van der Waals surface area contributed by atoms with Crippen molar-refractivity contribution in [3.63, 3.8) is 0 Å². The van der Waals surface area contributed by atoms with Crippen LogP contribution in [0.25, 0.3) is 0 Å². The van der Waals surface area contributed by atoms with Gasteiger partial charge in [-0.05, 0) is 41.2 Å². The van der Waals surface area contributed by atoms with E-state index in [1.807, 2.05) is 12.1 Å². The van der Waals surface area contributed by atoms with E-state index in [1.165, 1.54) is 12.7 Å². The van der Waals surface area contributed by atoms with Gasteiger partial charge in [0.05, 0.1) is 14.2 Å². The van der Waals surface area contributed by atoms with Crippen LogP contribution in [0.5, 0.6) is 5.75 Å². The second-order valence-corrected chi connectivity index (χ2v) is 8.55. The number of benzene rings is 2. The predicted molar refractivity (Wildman–Crippen MR) is 126 cm³/mol. The zero-order valence-electron chi connectivity index (χ0n) is 19.8. The summed E-state index contributed by atoms with van der Waals surface area (Å²) in [6.07, 6.45) is 1.48. The molecule has 33 heavy (non-hydrogen) atoms. The van der Waals surface area contributed by atoms with E-state index in [1.54, 1.807) is 43.5 Å². The first-order valence-electron chi connectivity index (χ1n) is 11.0. The Morgan fingerprint density at radius 3 is 2.39 bits per heavy atom. The number of nitrogens with one attached hydrogen (secondary N) is 1. The zero-order chi connectivity index (χ0) is 24.0. The Hall–Kier alpha value is -3.54. The summed E-state index contributed by atoms with van der Waals surface area (Å²) in [4.78, 5) is 25.1. The molecular weight excluding hydrogens is 418 g/mol. The average Bonchev–Trinajstić information content (AvgIpc) is 3.31. The summed E-state index contributed by atoms with van der Waals surface area (Å²) in [5, 5.41) is 2.70. The first kappa shape index (κ1) is 24.1. The van der Waals surface area contributed by atoms with Crippen molar-refractivity contribution in [2.24, 2.45) is 0 Å². The van der Waals surface area contributed by atoms with Crippen molar-refractivity contribution in [1.82, 2.24) is 5.32 Å². The van der Waals surface area contributed by atoms with Gasteiger partial charge in [-0.3, -0.25) is 4.79 Å². The summed E-state index contributed by atoms with van der Waals surface area (Å²) in [5.41, 5.74) is 2.86. The van der Waals surface area contributed by atoms with E-state index in [9.17, 15) is 9.59 Å². The lowest BCUT2D eigenvalue weighted by Crippen LogP contribution is -2.34. The molecule has 174 valence electrons. The molecular formula is C27H31NO5. The van der Waals surface area contributed by atoms with E-state index in [4.69, 9.17) is 13.9 Å². The molecule has 0 aliphatic carbocycles. The number of amides is 1. The summed E-state index contributed by atoms with van der Waals surface area (Å²) < 4.78 is 16.2. The van der Waals surface area contributed by atoms with Crippen LogP contribution in [-0.4, -0.2) is 26.1 Å². The van der Waals surface area contributed by atoms with Gasteiger partial charge in [0, 0.05) is 12.0 Å². The quantitative estimate of drug-likeness (QED) is 0.454. The van der Waals surface area contributed by atoms with Crippen LogP contribution < -0.4 is 10.1 Å². The fraction of sp³-hybridized carbons (Fsp3) is 0.333. The number of carbonyl (C=O) groups excluding carboxylic acids is 2. The number of furan rings is 1. The summed E-state index contributed by atoms with van der Waals surface area (Å²) >= 11 is 0. The van der Waals surface area contributed by atoms with E-state index >= 15 is 0 Å². The number of rotatable bonds is 9. The van der Waals surface area contributed by atoms with Crippen molar-refractivity contribution < 1.29 is 23.5 Å². The Balaban J connectivity index is 1.80. The van der Waals surface area contributed by atoms with Crippen molar-refractivity contribution in [2.45, 2.75) is 45.1 Å². The molecule has 0 aliphatic rings. The molecule has 1 unspecified atom stereocenters. The Morgan fingerprint density at radius 1 is 1.03 bits per heavy atom. The molecule has 2 aromatic carbocycles. The second kappa shape index (κ2) is 10.4. The molecule has 1 atom stereocenters. The number of ether oxygens (including phenoxy) is 2. The van der Waals surface area contributed by atoms with Crippen molar-refractivity contribution >= 4 is 11.9 Å². The maximum absolute atomic E-state index is 12.8. The minimum atomic E-state index is -0.926. The van der Waals surface area contributed by atoms with Gasteiger partial charge in [-0.15, -0.1) is 0 Å². The van der Waals surface area contributed by atoms with Gasteiger partial charge in [0.2, 0.25) is 0 Å². The van der Waals surface area contributed by atoms with E-state index in [-0.39, 0.29) is 11.2 Å². The maximum Gasteiger partial charge on any atom is 0.333 e. The molecule has 3 rings (SSSR count). The minimum Gasteiger partial charge on any atom is -0.496 e. The summed E-state index contributed by atoms with van der Waals surface area (Å²) in [6, 6.07) is 17.6. The van der Waals surface area contributed by atoms with E-state index in [0.29, 0.717) is 17.7 Å². The third kappa shape index (κ3) is 5.64. The number of hydrogen-bond donors (Lipinski definition) is 1. The topological polar surface area (TPSA) is 77.8 Å². The lowest BCUT2D eigenvalue weighted by molar-refractivity contribution is -0.143. The third-order valence-electron chi connectivity index (χ3n) is 6.04. The van der Waals surface area contributed by atoms with Crippen molar-refractivity contribution in [3.05, 3.63) is 88.9 Å². The average molecular weight is 450 g/mol. The summed E-state index contributed by atoms with van der Waals surface area (Å²) in [6.45, 7) is 6.58. The van der Waals surface area contributed by atoms with Gasteiger partial charge in [0.15, 0.2) is 11.8 Å². The molecule has 1 aromatic heterocycles. The molecule has 6 heteroatoms. The predicted octanol–water partition coefficient (Wildman–Crippen LogP) is 5.21. The molecule has 1 heterocycles. The molecule has 0 saturated heterocycles. The molecule has 0 spiro atoms. The Kier molecular flexibility index (Phi) is 7.59. The lowest BCUT2D eigenvalue weighted by Gasteiger charge is -2.24. The van der Waals surface area contributed by atoms with Gasteiger partial charge in [-0.25, -0.2) is 4.79 Å². The Bertz CT molecular complexity index is 1100. The number of methoxy groups -OCH3 is 2. The van der Waals surface area contributed by atoms with Gasteiger partial charge in [-0.1, -0.05) is 63.2 Å². The minimum absolute atomic E-state index is 0.0373. The van der Waals surface area contributed by atoms with E-state index < -0.39 is 17.9 Å². The molecule has 0 fully saturated rings. The Morgan fingerprint density at radius 2 is 1.76 bits per heavy atom. The van der Waals surface area contributed by atoms with Crippen LogP contribution in [0.15, 0.2) is 65.1 Å². The van der Waals surface area contributed by atoms with Gasteiger partial charge in [0.1, 0.15) is 11.5 Å². The highest BCUT2D eigenvalue weighted by molar-refractivity contribution is 5.94. The molecule has 0 saturated carbocycles. The van der Waals surface area contributed by atoms with Crippen LogP contribution in [0.1, 0.15) is 66.2 Å². The highest BCUT2D eigenvalue weighted by atomic mass is 16.5. The van der Waals surface area contributed by atoms with E-state index in [0.717, 1.165) is 17.7 Å². The van der Waals surface area contributed by atoms with Crippen molar-refractivity contribution in [3.8, 4) is 5.75 Å². The highest BCUT2D eigenvalue weighted by Gasteiger charge is 2.25. The molecule has 1 amide bonds. The Labute approximate surface area is 194 Å². The van der Waals surface area contributed by atoms with Crippen LogP contribution in [0, 0.1) is 0 Å². The van der Waals surface area contributed by atoms with Crippen LogP contribution in [0.4, 0.5) is 0 Å². The third-order valence-corrected chi connectivity index (χ3v) is 6.04. The number of esters is 1. The normalized spacial score (nSPS) is 12.2. The number of carbonyl (C=O) groups is 2. The van der Waals surface area contributed by atoms with Gasteiger partial charge >= 0.3 is 5.97 Å². The molecule has 0 bridgehead atoms. The second-order valence-electron chi connectivity index (χ2n) is 8.55. The monoisotopic (exact) mass is 449 g/mol. The van der Waals surface area contributed by atoms with Crippen LogP contribution in [0.3, 0.4) is 0 Å². The largest absolute Gasteiger partial charge is 0.496 e. The molecule has 1 N–H and O–H groups in total. The smallest absolute Gasteiger partial charge is 0.333 e. The SMILES string of the molecule is CCC(C)(C)c1ccc(OC)c(Cc2ccc(C(=O)NC(C(=O)OC)c3ccccc3)o2)c1. The molecule has 6 nitrogen and oxygen atoms in total. The highest BCUT2D eigenvalue weighted by Crippen LogP contribution is 2.32. The summed E-state index contributed by atoms with van der Waals surface area (Å²) in [7, 11) is 2.93. The summed E-state index contributed by atoms with van der Waals surface area (Å²) in [5.74, 6) is 0.468. The first-order chi connectivity index (χ1) is 15.8. The standard InChI is InChI=1S/C27H31NO5/c1-6-27(2,3)20-12-14-22(31-4)19(16-20)17-21-13-15-23(33-21)25(29)28-24(26(30)32-5)18-10-8-7-9-11-18/h7-16,24H,6,17H2,1-5H3,(H,28,29). The molecule has 0 radical (unpaired) electrons. The zero-order valence-corrected chi connectivity index (χ0v) is 19.8.